The second kappa shape index (κ2) is 4.69. The van der Waals surface area contributed by atoms with Gasteiger partial charge in [0, 0.05) is 10.8 Å². The number of aliphatic hydroxyl groups is 1. The number of hydrogen-bond acceptors (Lipinski definition) is 3. The summed E-state index contributed by atoms with van der Waals surface area (Å²) in [5, 5.41) is 11.3. The highest BCUT2D eigenvalue weighted by Gasteiger charge is 2.27. The third-order valence-electron chi connectivity index (χ3n) is 4.31. The van der Waals surface area contributed by atoms with Crippen molar-refractivity contribution in [3.05, 3.63) is 15.6 Å². The van der Waals surface area contributed by atoms with E-state index in [1.54, 1.807) is 0 Å². The first-order valence-corrected chi connectivity index (χ1v) is 7.73. The molecule has 1 N–H and O–H groups in total. The van der Waals surface area contributed by atoms with Crippen LogP contribution in [-0.4, -0.2) is 10.1 Å². The highest BCUT2D eigenvalue weighted by molar-refractivity contribution is 7.11. The molecule has 2 nitrogen and oxygen atoms in total. The van der Waals surface area contributed by atoms with Gasteiger partial charge in [0.2, 0.25) is 0 Å². The molecule has 0 aliphatic heterocycles. The number of aryl methyl sites for hydroxylation is 1. The number of fused-ring (bicyclic) bond motifs is 1. The monoisotopic (exact) mass is 251 g/mol. The molecule has 17 heavy (non-hydrogen) atoms. The van der Waals surface area contributed by atoms with Crippen molar-refractivity contribution in [1.82, 2.24) is 4.98 Å². The number of aromatic nitrogens is 1. The van der Waals surface area contributed by atoms with E-state index in [1.165, 1.54) is 35.6 Å². The number of aliphatic hydroxyl groups excluding tert-OH is 1. The maximum absolute atomic E-state index is 9.96. The van der Waals surface area contributed by atoms with E-state index in [0.717, 1.165) is 30.9 Å². The molecule has 0 amide bonds. The molecule has 1 saturated carbocycles. The second-order valence-electron chi connectivity index (χ2n) is 5.73. The average Bonchev–Trinajstić information content (AvgIpc) is 2.75. The van der Waals surface area contributed by atoms with Crippen molar-refractivity contribution in [3.8, 4) is 0 Å². The third kappa shape index (κ3) is 2.27. The van der Waals surface area contributed by atoms with Crippen molar-refractivity contribution < 1.29 is 5.11 Å². The Labute approximate surface area is 107 Å². The Kier molecular flexibility index (Phi) is 3.22. The molecule has 2 aliphatic rings. The first kappa shape index (κ1) is 11.7. The Morgan fingerprint density at radius 1 is 1.18 bits per heavy atom. The summed E-state index contributed by atoms with van der Waals surface area (Å²) in [6.07, 6.45) is 8.15. The minimum absolute atomic E-state index is 0.286. The van der Waals surface area contributed by atoms with Crippen molar-refractivity contribution in [2.75, 3.05) is 0 Å². The summed E-state index contributed by atoms with van der Waals surface area (Å²) >= 11 is 1.88. The lowest BCUT2D eigenvalue weighted by atomic mass is 9.83. The molecule has 0 bridgehead atoms. The van der Waals surface area contributed by atoms with Crippen molar-refractivity contribution in [2.45, 2.75) is 63.9 Å². The second-order valence-corrected chi connectivity index (χ2v) is 6.84. The molecule has 1 heterocycles. The molecular weight excluding hydrogens is 230 g/mol. The van der Waals surface area contributed by atoms with Crippen LogP contribution in [0.25, 0.3) is 0 Å². The van der Waals surface area contributed by atoms with Crippen LogP contribution in [0.5, 0.6) is 0 Å². The Bertz CT molecular complexity index is 393. The molecule has 0 saturated heterocycles. The van der Waals surface area contributed by atoms with Crippen molar-refractivity contribution in [3.63, 3.8) is 0 Å². The molecule has 3 rings (SSSR count). The van der Waals surface area contributed by atoms with Crippen LogP contribution in [0, 0.1) is 5.92 Å². The lowest BCUT2D eigenvalue weighted by Crippen LogP contribution is -2.11. The first-order valence-electron chi connectivity index (χ1n) is 6.91. The van der Waals surface area contributed by atoms with Crippen LogP contribution in [0.15, 0.2) is 0 Å². The fourth-order valence-corrected chi connectivity index (χ4v) is 4.43. The standard InChI is InChI=1S/C14H21NOS/c1-9-5-7-10(8-6-9)14-15-13-11(16)3-2-4-12(13)17-14/h9-11,16H,2-8H2,1H3. The summed E-state index contributed by atoms with van der Waals surface area (Å²) in [4.78, 5) is 6.11. The zero-order chi connectivity index (χ0) is 11.8. The van der Waals surface area contributed by atoms with E-state index in [9.17, 15) is 5.11 Å². The van der Waals surface area contributed by atoms with Gasteiger partial charge >= 0.3 is 0 Å². The van der Waals surface area contributed by atoms with E-state index in [-0.39, 0.29) is 6.10 Å². The predicted octanol–water partition coefficient (Wildman–Crippen LogP) is 3.81. The number of rotatable bonds is 1. The molecule has 1 atom stereocenters. The van der Waals surface area contributed by atoms with Gasteiger partial charge in [-0.25, -0.2) is 4.98 Å². The van der Waals surface area contributed by atoms with E-state index in [1.807, 2.05) is 11.3 Å². The number of thiazole rings is 1. The molecule has 1 fully saturated rings. The minimum Gasteiger partial charge on any atom is -0.387 e. The summed E-state index contributed by atoms with van der Waals surface area (Å²) in [6, 6.07) is 0. The van der Waals surface area contributed by atoms with Gasteiger partial charge in [-0.1, -0.05) is 19.8 Å². The molecule has 0 radical (unpaired) electrons. The molecule has 0 aromatic carbocycles. The fourth-order valence-electron chi connectivity index (χ4n) is 3.10. The van der Waals surface area contributed by atoms with Crippen molar-refractivity contribution >= 4 is 11.3 Å². The predicted molar refractivity (Wildman–Crippen MR) is 70.4 cm³/mol. The van der Waals surface area contributed by atoms with Gasteiger partial charge in [0.1, 0.15) is 0 Å². The summed E-state index contributed by atoms with van der Waals surface area (Å²) in [7, 11) is 0. The van der Waals surface area contributed by atoms with Crippen molar-refractivity contribution in [1.29, 1.82) is 0 Å². The zero-order valence-electron chi connectivity index (χ0n) is 10.5. The normalized spacial score (nSPS) is 33.4. The van der Waals surface area contributed by atoms with Crippen LogP contribution in [0.3, 0.4) is 0 Å². The molecule has 2 aliphatic carbocycles. The average molecular weight is 251 g/mol. The highest BCUT2D eigenvalue weighted by atomic mass is 32.1. The van der Waals surface area contributed by atoms with Crippen LogP contribution in [0.2, 0.25) is 0 Å². The van der Waals surface area contributed by atoms with Crippen molar-refractivity contribution in [2.24, 2.45) is 5.92 Å². The van der Waals surface area contributed by atoms with Crippen LogP contribution in [-0.2, 0) is 6.42 Å². The largest absolute Gasteiger partial charge is 0.387 e. The van der Waals surface area contributed by atoms with Gasteiger partial charge in [-0.3, -0.25) is 0 Å². The van der Waals surface area contributed by atoms with E-state index < -0.39 is 0 Å². The summed E-state index contributed by atoms with van der Waals surface area (Å²) in [5.41, 5.74) is 1.01. The third-order valence-corrected chi connectivity index (χ3v) is 5.60. The number of hydrogen-bond donors (Lipinski definition) is 1. The lowest BCUT2D eigenvalue weighted by Gasteiger charge is -2.24. The van der Waals surface area contributed by atoms with E-state index in [4.69, 9.17) is 4.98 Å². The quantitative estimate of drug-likeness (QED) is 0.823. The van der Waals surface area contributed by atoms with Gasteiger partial charge < -0.3 is 5.11 Å². The molecule has 0 spiro atoms. The highest BCUT2D eigenvalue weighted by Crippen LogP contribution is 2.41. The van der Waals surface area contributed by atoms with Crippen LogP contribution < -0.4 is 0 Å². The maximum Gasteiger partial charge on any atom is 0.0971 e. The summed E-state index contributed by atoms with van der Waals surface area (Å²) in [5.74, 6) is 1.57. The van der Waals surface area contributed by atoms with E-state index in [2.05, 4.69) is 6.92 Å². The van der Waals surface area contributed by atoms with E-state index >= 15 is 0 Å². The van der Waals surface area contributed by atoms with Gasteiger partial charge in [-0.05, 0) is 38.0 Å². The SMILES string of the molecule is CC1CCC(c2nc3c(s2)CCCC3O)CC1. The van der Waals surface area contributed by atoms with Gasteiger partial charge in [-0.15, -0.1) is 11.3 Å². The summed E-state index contributed by atoms with van der Waals surface area (Å²) in [6.45, 7) is 2.35. The van der Waals surface area contributed by atoms with Crippen LogP contribution in [0.4, 0.5) is 0 Å². The smallest absolute Gasteiger partial charge is 0.0971 e. The zero-order valence-corrected chi connectivity index (χ0v) is 11.3. The topological polar surface area (TPSA) is 33.1 Å². The van der Waals surface area contributed by atoms with Gasteiger partial charge in [0.15, 0.2) is 0 Å². The summed E-state index contributed by atoms with van der Waals surface area (Å²) < 4.78 is 0. The maximum atomic E-state index is 9.96. The minimum atomic E-state index is -0.286. The van der Waals surface area contributed by atoms with Gasteiger partial charge in [0.25, 0.3) is 0 Å². The lowest BCUT2D eigenvalue weighted by molar-refractivity contribution is 0.152. The molecule has 1 aromatic rings. The Hall–Kier alpha value is -0.410. The first-order chi connectivity index (χ1) is 8.24. The van der Waals surface area contributed by atoms with E-state index in [0.29, 0.717) is 5.92 Å². The van der Waals surface area contributed by atoms with Crippen LogP contribution >= 0.6 is 11.3 Å². The van der Waals surface area contributed by atoms with Gasteiger partial charge in [-0.2, -0.15) is 0 Å². The molecule has 1 aromatic heterocycles. The molecule has 1 unspecified atom stereocenters. The Morgan fingerprint density at radius 2 is 1.94 bits per heavy atom. The van der Waals surface area contributed by atoms with Crippen LogP contribution in [0.1, 0.15) is 73.0 Å². The van der Waals surface area contributed by atoms with Gasteiger partial charge in [0.05, 0.1) is 16.8 Å². The Balaban J connectivity index is 1.80. The molecular formula is C14H21NOS. The number of nitrogens with zero attached hydrogens (tertiary/aromatic N) is 1. The molecule has 94 valence electrons. The fraction of sp³-hybridized carbons (Fsp3) is 0.786. The Morgan fingerprint density at radius 3 is 2.65 bits per heavy atom. The molecule has 3 heteroatoms.